The Morgan fingerprint density at radius 2 is 1.94 bits per heavy atom. The molecule has 6 nitrogen and oxygen atoms in total. The fraction of sp³-hybridized carbons (Fsp3) is 0.182. The molecule has 5 rings (SSSR count). The number of anilines is 1. The summed E-state index contributed by atoms with van der Waals surface area (Å²) < 4.78 is 19.7. The Labute approximate surface area is 184 Å². The summed E-state index contributed by atoms with van der Waals surface area (Å²) in [5, 5.41) is 9.60. The molecule has 156 valence electrons. The van der Waals surface area contributed by atoms with Gasteiger partial charge in [0.2, 0.25) is 10.9 Å². The van der Waals surface area contributed by atoms with Crippen LogP contribution >= 0.6 is 23.1 Å². The molecule has 1 amide bonds. The third-order valence-corrected chi connectivity index (χ3v) is 7.04. The lowest BCUT2D eigenvalue weighted by atomic mass is 9.99. The number of halogens is 1. The minimum absolute atomic E-state index is 0.0451. The number of hydrogen-bond acceptors (Lipinski definition) is 7. The molecular weight excluding hydrogens is 437 g/mol. The molecule has 1 unspecified atom stereocenters. The number of fused-ring (bicyclic) bond motifs is 2. The topological polar surface area (TPSA) is 76.3 Å². The summed E-state index contributed by atoms with van der Waals surface area (Å²) >= 11 is 2.89. The van der Waals surface area contributed by atoms with Crippen LogP contribution in [0, 0.1) is 5.82 Å². The first-order valence-electron chi connectivity index (χ1n) is 9.58. The smallest absolute Gasteiger partial charge is 0.297 e. The van der Waals surface area contributed by atoms with Crippen LogP contribution in [-0.2, 0) is 6.42 Å². The van der Waals surface area contributed by atoms with Crippen LogP contribution < -0.4 is 10.3 Å². The molecule has 0 aliphatic carbocycles. The van der Waals surface area contributed by atoms with Crippen molar-refractivity contribution in [2.45, 2.75) is 24.3 Å². The van der Waals surface area contributed by atoms with Crippen LogP contribution in [0.15, 0.2) is 56.6 Å². The molecule has 4 aromatic rings. The van der Waals surface area contributed by atoms with E-state index in [0.29, 0.717) is 11.6 Å². The second-order valence-corrected chi connectivity index (χ2v) is 8.92. The van der Waals surface area contributed by atoms with Gasteiger partial charge < -0.3 is 4.42 Å². The Hall–Kier alpha value is -3.04. The Morgan fingerprint density at radius 3 is 2.61 bits per heavy atom. The van der Waals surface area contributed by atoms with Crippen molar-refractivity contribution in [2.24, 2.45) is 0 Å². The van der Waals surface area contributed by atoms with Crippen LogP contribution in [0.4, 0.5) is 9.52 Å². The molecule has 0 N–H and O–H groups in total. The summed E-state index contributed by atoms with van der Waals surface area (Å²) in [6.07, 6.45) is 2.65. The molecule has 0 radical (unpaired) electrons. The van der Waals surface area contributed by atoms with E-state index in [2.05, 4.69) is 10.2 Å². The summed E-state index contributed by atoms with van der Waals surface area (Å²) in [5.74, 6) is -1.05. The van der Waals surface area contributed by atoms with Gasteiger partial charge >= 0.3 is 0 Å². The molecule has 0 spiro atoms. The molecule has 0 bridgehead atoms. The predicted octanol–water partition coefficient (Wildman–Crippen LogP) is 4.82. The van der Waals surface area contributed by atoms with E-state index in [1.165, 1.54) is 28.4 Å². The standard InChI is InChI=1S/C22H16FN3O3S2/c1-3-16-24-25-22(31-16)26-18(11-4-7-13(30-2)8-5-11)17-19(27)14-10-12(23)6-9-15(14)29-20(17)21(26)28/h4-10,18H,3H2,1-2H3. The fourth-order valence-electron chi connectivity index (χ4n) is 3.73. The molecule has 0 saturated carbocycles. The van der Waals surface area contributed by atoms with Gasteiger partial charge in [-0.2, -0.15) is 0 Å². The van der Waals surface area contributed by atoms with Gasteiger partial charge in [0, 0.05) is 4.90 Å². The maximum atomic E-state index is 13.9. The number of hydrogen-bond donors (Lipinski definition) is 0. The fourth-order valence-corrected chi connectivity index (χ4v) is 4.94. The quantitative estimate of drug-likeness (QED) is 0.413. The van der Waals surface area contributed by atoms with Gasteiger partial charge in [0.25, 0.3) is 5.91 Å². The molecule has 0 saturated heterocycles. The van der Waals surface area contributed by atoms with E-state index in [-0.39, 0.29) is 22.3 Å². The van der Waals surface area contributed by atoms with Crippen molar-refractivity contribution < 1.29 is 13.6 Å². The van der Waals surface area contributed by atoms with E-state index in [9.17, 15) is 14.0 Å². The number of benzene rings is 2. The Balaban J connectivity index is 1.78. The average Bonchev–Trinajstić information content (AvgIpc) is 3.37. The first-order chi connectivity index (χ1) is 15.0. The first kappa shape index (κ1) is 19.9. The Bertz CT molecular complexity index is 1380. The van der Waals surface area contributed by atoms with Gasteiger partial charge in [-0.25, -0.2) is 4.39 Å². The molecule has 1 aliphatic rings. The number of aromatic nitrogens is 2. The number of carbonyl (C=O) groups is 1. The van der Waals surface area contributed by atoms with Gasteiger partial charge in [-0.15, -0.1) is 22.0 Å². The molecule has 1 atom stereocenters. The van der Waals surface area contributed by atoms with Crippen molar-refractivity contribution in [1.29, 1.82) is 0 Å². The van der Waals surface area contributed by atoms with Gasteiger partial charge in [0.15, 0.2) is 5.43 Å². The zero-order chi connectivity index (χ0) is 21.7. The van der Waals surface area contributed by atoms with Gasteiger partial charge in [-0.05, 0) is 48.6 Å². The van der Waals surface area contributed by atoms with E-state index >= 15 is 0 Å². The predicted molar refractivity (Wildman–Crippen MR) is 119 cm³/mol. The third-order valence-electron chi connectivity index (χ3n) is 5.23. The van der Waals surface area contributed by atoms with Crippen molar-refractivity contribution in [2.75, 3.05) is 11.2 Å². The molecule has 3 heterocycles. The average molecular weight is 454 g/mol. The highest BCUT2D eigenvalue weighted by Gasteiger charge is 2.45. The summed E-state index contributed by atoms with van der Waals surface area (Å²) in [7, 11) is 0. The maximum absolute atomic E-state index is 13.9. The Kier molecular flexibility index (Phi) is 4.86. The van der Waals surface area contributed by atoms with Crippen molar-refractivity contribution in [1.82, 2.24) is 10.2 Å². The van der Waals surface area contributed by atoms with E-state index in [1.807, 2.05) is 37.4 Å². The van der Waals surface area contributed by atoms with Crippen molar-refractivity contribution in [3.05, 3.63) is 80.4 Å². The van der Waals surface area contributed by atoms with Crippen LogP contribution in [0.1, 0.15) is 39.7 Å². The van der Waals surface area contributed by atoms with Crippen LogP contribution in [0.3, 0.4) is 0 Å². The molecule has 2 aromatic heterocycles. The minimum atomic E-state index is -0.736. The first-order valence-corrected chi connectivity index (χ1v) is 11.6. The Morgan fingerprint density at radius 1 is 1.16 bits per heavy atom. The monoisotopic (exact) mass is 453 g/mol. The molecule has 31 heavy (non-hydrogen) atoms. The molecule has 0 fully saturated rings. The highest BCUT2D eigenvalue weighted by Crippen LogP contribution is 2.42. The van der Waals surface area contributed by atoms with E-state index in [0.717, 1.165) is 21.5 Å². The van der Waals surface area contributed by atoms with Gasteiger partial charge in [-0.3, -0.25) is 14.5 Å². The van der Waals surface area contributed by atoms with E-state index in [4.69, 9.17) is 4.42 Å². The van der Waals surface area contributed by atoms with Gasteiger partial charge in [0.05, 0.1) is 17.0 Å². The lowest BCUT2D eigenvalue weighted by molar-refractivity contribution is 0.0970. The van der Waals surface area contributed by atoms with Crippen molar-refractivity contribution >= 4 is 45.1 Å². The minimum Gasteiger partial charge on any atom is -0.450 e. The van der Waals surface area contributed by atoms with Crippen LogP contribution in [0.5, 0.6) is 0 Å². The highest BCUT2D eigenvalue weighted by atomic mass is 32.2. The summed E-state index contributed by atoms with van der Waals surface area (Å²) in [6.45, 7) is 1.95. The number of amides is 1. The van der Waals surface area contributed by atoms with E-state index < -0.39 is 23.2 Å². The summed E-state index contributed by atoms with van der Waals surface area (Å²) in [6, 6.07) is 10.6. The SMILES string of the molecule is CCc1nnc(N2C(=O)c3oc4ccc(F)cc4c(=O)c3C2c2ccc(SC)cc2)s1. The zero-order valence-electron chi connectivity index (χ0n) is 16.6. The number of nitrogens with zero attached hydrogens (tertiary/aromatic N) is 3. The lowest BCUT2D eigenvalue weighted by Gasteiger charge is -2.22. The molecule has 2 aromatic carbocycles. The zero-order valence-corrected chi connectivity index (χ0v) is 18.2. The normalized spacial score (nSPS) is 15.6. The van der Waals surface area contributed by atoms with Gasteiger partial charge in [-0.1, -0.05) is 30.4 Å². The van der Waals surface area contributed by atoms with Crippen molar-refractivity contribution in [3.8, 4) is 0 Å². The number of aryl methyl sites for hydroxylation is 1. The summed E-state index contributed by atoms with van der Waals surface area (Å²) in [4.78, 5) is 29.3. The number of thioether (sulfide) groups is 1. The van der Waals surface area contributed by atoms with Crippen LogP contribution in [-0.4, -0.2) is 22.4 Å². The van der Waals surface area contributed by atoms with Crippen LogP contribution in [0.25, 0.3) is 11.0 Å². The third kappa shape index (κ3) is 3.16. The maximum Gasteiger partial charge on any atom is 0.297 e. The van der Waals surface area contributed by atoms with E-state index in [1.54, 1.807) is 11.8 Å². The second kappa shape index (κ2) is 7.58. The highest BCUT2D eigenvalue weighted by molar-refractivity contribution is 7.98. The second-order valence-electron chi connectivity index (χ2n) is 7.00. The lowest BCUT2D eigenvalue weighted by Crippen LogP contribution is -2.29. The largest absolute Gasteiger partial charge is 0.450 e. The van der Waals surface area contributed by atoms with Crippen LogP contribution in [0.2, 0.25) is 0 Å². The summed E-state index contributed by atoms with van der Waals surface area (Å²) in [5.41, 5.74) is 0.670. The van der Waals surface area contributed by atoms with Gasteiger partial charge in [0.1, 0.15) is 16.4 Å². The van der Waals surface area contributed by atoms with Crippen molar-refractivity contribution in [3.63, 3.8) is 0 Å². The molecule has 1 aliphatic heterocycles. The molecule has 9 heteroatoms. The number of carbonyl (C=O) groups excluding carboxylic acids is 1. The molecular formula is C22H16FN3O3S2. The number of rotatable bonds is 4.